The minimum atomic E-state index is -3.64. The van der Waals surface area contributed by atoms with Gasteiger partial charge in [-0.2, -0.15) is 0 Å². The Balaban J connectivity index is 1.58. The van der Waals surface area contributed by atoms with Gasteiger partial charge < -0.3 is 9.73 Å². The lowest BCUT2D eigenvalue weighted by atomic mass is 10.1. The van der Waals surface area contributed by atoms with Crippen LogP contribution in [0.1, 0.15) is 89.7 Å². The molecule has 1 aromatic carbocycles. The first-order chi connectivity index (χ1) is 15.5. The van der Waals surface area contributed by atoms with Crippen LogP contribution in [0.4, 0.5) is 5.69 Å². The third-order valence-corrected chi connectivity index (χ3v) is 6.89. The van der Waals surface area contributed by atoms with Crippen molar-refractivity contribution in [3.63, 3.8) is 0 Å². The molecule has 0 spiro atoms. The third kappa shape index (κ3) is 10.5. The third-order valence-electron chi connectivity index (χ3n) is 5.47. The van der Waals surface area contributed by atoms with Crippen molar-refractivity contribution in [2.24, 2.45) is 0 Å². The zero-order chi connectivity index (χ0) is 23.1. The minimum absolute atomic E-state index is 0.0347. The minimum Gasteiger partial charge on any atom is -0.468 e. The Morgan fingerprint density at radius 2 is 1.44 bits per heavy atom. The molecule has 1 aromatic heterocycles. The van der Waals surface area contributed by atoms with E-state index in [0.717, 1.165) is 12.8 Å². The molecule has 0 bridgehead atoms. The van der Waals surface area contributed by atoms with Crippen molar-refractivity contribution in [3.05, 3.63) is 48.4 Å². The van der Waals surface area contributed by atoms with Crippen molar-refractivity contribution in [2.75, 3.05) is 5.32 Å². The summed E-state index contributed by atoms with van der Waals surface area (Å²) < 4.78 is 32.3. The number of nitrogens with one attached hydrogen (secondary N) is 2. The highest BCUT2D eigenvalue weighted by molar-refractivity contribution is 7.89. The van der Waals surface area contributed by atoms with E-state index in [2.05, 4.69) is 17.0 Å². The number of carbonyl (C=O) groups is 1. The largest absolute Gasteiger partial charge is 0.468 e. The molecule has 2 aromatic rings. The van der Waals surface area contributed by atoms with E-state index in [9.17, 15) is 13.2 Å². The lowest BCUT2D eigenvalue weighted by molar-refractivity contribution is -0.116. The molecule has 0 radical (unpaired) electrons. The predicted molar refractivity (Wildman–Crippen MR) is 129 cm³/mol. The number of hydrogen-bond donors (Lipinski definition) is 2. The van der Waals surface area contributed by atoms with Crippen LogP contribution >= 0.6 is 0 Å². The molecule has 0 aliphatic carbocycles. The topological polar surface area (TPSA) is 88.4 Å². The van der Waals surface area contributed by atoms with Crippen molar-refractivity contribution in [1.82, 2.24) is 4.72 Å². The molecule has 0 saturated heterocycles. The van der Waals surface area contributed by atoms with Gasteiger partial charge in [-0.25, -0.2) is 13.1 Å². The Kier molecular flexibility index (Phi) is 12.1. The van der Waals surface area contributed by atoms with E-state index >= 15 is 0 Å². The summed E-state index contributed by atoms with van der Waals surface area (Å²) in [6.07, 6.45) is 15.7. The second kappa shape index (κ2) is 14.9. The summed E-state index contributed by atoms with van der Waals surface area (Å²) in [5.74, 6) is 0.507. The molecule has 7 heteroatoms. The molecular formula is C25H38N2O4S. The maximum absolute atomic E-state index is 12.3. The first-order valence-corrected chi connectivity index (χ1v) is 13.4. The van der Waals surface area contributed by atoms with Crippen LogP contribution in [0.5, 0.6) is 0 Å². The summed E-state index contributed by atoms with van der Waals surface area (Å²) in [6, 6.07) is 9.61. The number of anilines is 1. The lowest BCUT2D eigenvalue weighted by Crippen LogP contribution is -2.23. The lowest BCUT2D eigenvalue weighted by Gasteiger charge is -2.08. The Morgan fingerprint density at radius 3 is 2.00 bits per heavy atom. The molecule has 0 fully saturated rings. The monoisotopic (exact) mass is 462 g/mol. The fourth-order valence-corrected chi connectivity index (χ4v) is 4.55. The van der Waals surface area contributed by atoms with E-state index in [-0.39, 0.29) is 17.3 Å². The average Bonchev–Trinajstić information content (AvgIpc) is 3.30. The van der Waals surface area contributed by atoms with E-state index in [1.165, 1.54) is 76.2 Å². The summed E-state index contributed by atoms with van der Waals surface area (Å²) in [5.41, 5.74) is 0.600. The molecule has 2 rings (SSSR count). The quantitative estimate of drug-likeness (QED) is 0.266. The first-order valence-electron chi connectivity index (χ1n) is 11.9. The molecule has 0 saturated carbocycles. The molecule has 178 valence electrons. The van der Waals surface area contributed by atoms with Crippen LogP contribution in [0.3, 0.4) is 0 Å². The van der Waals surface area contributed by atoms with Gasteiger partial charge >= 0.3 is 0 Å². The summed E-state index contributed by atoms with van der Waals surface area (Å²) in [5, 5.41) is 2.84. The number of carbonyl (C=O) groups excluding carboxylic acids is 1. The molecule has 1 heterocycles. The van der Waals surface area contributed by atoms with Crippen LogP contribution in [0, 0.1) is 0 Å². The number of amides is 1. The number of unbranched alkanes of at least 4 members (excludes halogenated alkanes) is 10. The normalized spacial score (nSPS) is 11.5. The van der Waals surface area contributed by atoms with E-state index in [1.54, 1.807) is 24.3 Å². The average molecular weight is 463 g/mol. The van der Waals surface area contributed by atoms with Gasteiger partial charge in [-0.05, 0) is 42.8 Å². The summed E-state index contributed by atoms with van der Waals surface area (Å²) in [6.45, 7) is 2.33. The highest BCUT2D eigenvalue weighted by Crippen LogP contribution is 2.16. The maximum Gasteiger partial charge on any atom is 0.240 e. The number of rotatable bonds is 17. The van der Waals surface area contributed by atoms with E-state index in [0.29, 0.717) is 17.9 Å². The number of furan rings is 1. The highest BCUT2D eigenvalue weighted by atomic mass is 32.2. The first kappa shape index (κ1) is 26.1. The summed E-state index contributed by atoms with van der Waals surface area (Å²) in [4.78, 5) is 12.3. The van der Waals surface area contributed by atoms with Crippen LogP contribution in [0.15, 0.2) is 52.0 Å². The van der Waals surface area contributed by atoms with Crippen molar-refractivity contribution < 1.29 is 17.6 Å². The van der Waals surface area contributed by atoms with Crippen molar-refractivity contribution in [2.45, 2.75) is 95.4 Å². The van der Waals surface area contributed by atoms with E-state index in [4.69, 9.17) is 4.42 Å². The second-order valence-electron chi connectivity index (χ2n) is 8.26. The Hall–Kier alpha value is -2.12. The van der Waals surface area contributed by atoms with Crippen molar-refractivity contribution >= 4 is 21.6 Å². The summed E-state index contributed by atoms with van der Waals surface area (Å²) in [7, 11) is -3.64. The highest BCUT2D eigenvalue weighted by Gasteiger charge is 2.14. The van der Waals surface area contributed by atoms with E-state index in [1.807, 2.05) is 0 Å². The van der Waals surface area contributed by atoms with Gasteiger partial charge in [0.05, 0.1) is 17.7 Å². The predicted octanol–water partition coefficient (Wildman–Crippen LogP) is 6.40. The van der Waals surface area contributed by atoms with Crippen molar-refractivity contribution in [1.29, 1.82) is 0 Å². The van der Waals surface area contributed by atoms with Gasteiger partial charge in [-0.3, -0.25) is 4.79 Å². The van der Waals surface area contributed by atoms with Crippen LogP contribution < -0.4 is 10.0 Å². The van der Waals surface area contributed by atoms with Gasteiger partial charge in [0.1, 0.15) is 5.76 Å². The maximum atomic E-state index is 12.3. The standard InChI is InChI=1S/C25H38N2O4S/c1-2-3-4-5-6-7-8-9-10-11-12-15-25(28)27-22-16-18-24(19-17-22)32(29,30)26-21-23-14-13-20-31-23/h13-14,16-20,26H,2-12,15,21H2,1H3,(H,27,28). The van der Waals surface area contributed by atoms with Crippen molar-refractivity contribution in [3.8, 4) is 0 Å². The van der Waals surface area contributed by atoms with E-state index < -0.39 is 10.0 Å². The van der Waals surface area contributed by atoms with Gasteiger partial charge in [-0.1, -0.05) is 71.1 Å². The fourth-order valence-electron chi connectivity index (χ4n) is 3.55. The molecule has 0 aliphatic rings. The SMILES string of the molecule is CCCCCCCCCCCCCC(=O)Nc1ccc(S(=O)(=O)NCc2ccco2)cc1. The number of benzene rings is 1. The molecule has 0 unspecified atom stereocenters. The fraction of sp³-hybridized carbons (Fsp3) is 0.560. The van der Waals surface area contributed by atoms with Crippen LogP contribution in [-0.4, -0.2) is 14.3 Å². The van der Waals surface area contributed by atoms with Gasteiger partial charge in [0.15, 0.2) is 0 Å². The smallest absolute Gasteiger partial charge is 0.240 e. The second-order valence-corrected chi connectivity index (χ2v) is 10.0. The summed E-state index contributed by atoms with van der Waals surface area (Å²) >= 11 is 0. The zero-order valence-electron chi connectivity index (χ0n) is 19.3. The molecule has 0 atom stereocenters. The molecular weight excluding hydrogens is 424 g/mol. The molecule has 1 amide bonds. The Morgan fingerprint density at radius 1 is 0.844 bits per heavy atom. The van der Waals surface area contributed by atoms with Crippen LogP contribution in [-0.2, 0) is 21.4 Å². The molecule has 0 aliphatic heterocycles. The van der Waals surface area contributed by atoms with Gasteiger partial charge in [0.2, 0.25) is 15.9 Å². The van der Waals surface area contributed by atoms with Gasteiger partial charge in [-0.15, -0.1) is 0 Å². The van der Waals surface area contributed by atoms with Gasteiger partial charge in [0.25, 0.3) is 0 Å². The Labute approximate surface area is 193 Å². The van der Waals surface area contributed by atoms with Gasteiger partial charge in [0, 0.05) is 12.1 Å². The molecule has 6 nitrogen and oxygen atoms in total. The van der Waals surface area contributed by atoms with Crippen LogP contribution in [0.2, 0.25) is 0 Å². The van der Waals surface area contributed by atoms with Crippen LogP contribution in [0.25, 0.3) is 0 Å². The number of hydrogen-bond acceptors (Lipinski definition) is 4. The molecule has 32 heavy (non-hydrogen) atoms. The number of sulfonamides is 1. The molecule has 2 N–H and O–H groups in total. The Bertz CT molecular complexity index is 862. The zero-order valence-corrected chi connectivity index (χ0v) is 20.1.